The molecule has 2 aromatic rings. The van der Waals surface area contributed by atoms with Crippen LogP contribution in [0, 0.1) is 11.8 Å². The van der Waals surface area contributed by atoms with E-state index in [4.69, 9.17) is 14.2 Å². The Hall–Kier alpha value is -3.05. The summed E-state index contributed by atoms with van der Waals surface area (Å²) >= 11 is 0. The highest BCUT2D eigenvalue weighted by Crippen LogP contribution is 2.33. The molecular weight excluding hydrogens is 460 g/mol. The highest BCUT2D eigenvalue weighted by Gasteiger charge is 2.48. The Labute approximate surface area is 202 Å². The van der Waals surface area contributed by atoms with Gasteiger partial charge in [0.15, 0.2) is 29.1 Å². The lowest BCUT2D eigenvalue weighted by Crippen LogP contribution is -2.61. The van der Waals surface area contributed by atoms with Crippen molar-refractivity contribution in [1.82, 2.24) is 0 Å². The van der Waals surface area contributed by atoms with Crippen LogP contribution in [0.15, 0.2) is 36.4 Å². The van der Waals surface area contributed by atoms with Crippen molar-refractivity contribution in [2.45, 2.75) is 57.4 Å². The van der Waals surface area contributed by atoms with Crippen LogP contribution in [0.5, 0.6) is 23.0 Å². The van der Waals surface area contributed by atoms with Gasteiger partial charge in [-0.05, 0) is 60.1 Å². The summed E-state index contributed by atoms with van der Waals surface area (Å²) in [7, 11) is 1.50. The number of carbonyl (C=O) groups is 1. The van der Waals surface area contributed by atoms with E-state index in [2.05, 4.69) is 13.8 Å². The van der Waals surface area contributed by atoms with Gasteiger partial charge >= 0.3 is 5.97 Å². The van der Waals surface area contributed by atoms with Gasteiger partial charge in [0.1, 0.15) is 18.3 Å². The Balaban J connectivity index is 1.69. The summed E-state index contributed by atoms with van der Waals surface area (Å²) in [5.41, 5.74) is 1.84. The standard InChI is InChI=1S/C25H32O10/c1-12(8-14-4-6-16(26)18(10-14)33-3)13(2)9-15-5-7-17(27)19(11-15)34-25-22(30)20(28)21(29)23(35-25)24(31)32/h4-7,10-13,20-23,25-30H,8-9H2,1-3H3,(H,31,32)/t12?,13?,20-,21-,22+,23-,25+/m0/s1. The van der Waals surface area contributed by atoms with E-state index in [1.807, 2.05) is 6.07 Å². The van der Waals surface area contributed by atoms with Crippen molar-refractivity contribution in [3.63, 3.8) is 0 Å². The molecule has 1 saturated heterocycles. The first-order valence-corrected chi connectivity index (χ1v) is 11.3. The minimum atomic E-state index is -1.84. The molecule has 1 heterocycles. The van der Waals surface area contributed by atoms with Gasteiger partial charge in [0.2, 0.25) is 6.29 Å². The zero-order valence-electron chi connectivity index (χ0n) is 19.7. The number of carboxylic acids is 1. The van der Waals surface area contributed by atoms with Gasteiger partial charge in [0, 0.05) is 0 Å². The van der Waals surface area contributed by atoms with E-state index >= 15 is 0 Å². The number of phenols is 2. The number of aliphatic carboxylic acids is 1. The lowest BCUT2D eigenvalue weighted by Gasteiger charge is -2.38. The van der Waals surface area contributed by atoms with Gasteiger partial charge in [-0.3, -0.25) is 0 Å². The van der Waals surface area contributed by atoms with Crippen LogP contribution >= 0.6 is 0 Å². The van der Waals surface area contributed by atoms with E-state index in [-0.39, 0.29) is 29.1 Å². The van der Waals surface area contributed by atoms with Crippen molar-refractivity contribution >= 4 is 5.97 Å². The van der Waals surface area contributed by atoms with Crippen LogP contribution in [0.4, 0.5) is 0 Å². The van der Waals surface area contributed by atoms with Crippen molar-refractivity contribution in [2.75, 3.05) is 7.11 Å². The maximum Gasteiger partial charge on any atom is 0.335 e. The second-order valence-electron chi connectivity index (χ2n) is 9.02. The van der Waals surface area contributed by atoms with Crippen molar-refractivity contribution in [3.05, 3.63) is 47.5 Å². The number of aromatic hydroxyl groups is 2. The van der Waals surface area contributed by atoms with Crippen LogP contribution in [0.2, 0.25) is 0 Å². The van der Waals surface area contributed by atoms with E-state index in [1.165, 1.54) is 13.2 Å². The number of aliphatic hydroxyl groups excluding tert-OH is 3. The van der Waals surface area contributed by atoms with E-state index in [9.17, 15) is 35.4 Å². The van der Waals surface area contributed by atoms with Gasteiger partial charge in [-0.25, -0.2) is 4.79 Å². The number of ether oxygens (including phenoxy) is 3. The molecule has 2 unspecified atom stereocenters. The van der Waals surface area contributed by atoms with Gasteiger partial charge in [0.05, 0.1) is 7.11 Å². The molecule has 1 aliphatic rings. The first-order valence-electron chi connectivity index (χ1n) is 11.3. The van der Waals surface area contributed by atoms with E-state index in [0.29, 0.717) is 12.2 Å². The summed E-state index contributed by atoms with van der Waals surface area (Å²) in [6.45, 7) is 4.19. The number of phenolic OH excluding ortho intramolecular Hbond substituents is 2. The molecule has 6 N–H and O–H groups in total. The molecule has 3 rings (SSSR count). The average Bonchev–Trinajstić information content (AvgIpc) is 2.82. The predicted molar refractivity (Wildman–Crippen MR) is 123 cm³/mol. The summed E-state index contributed by atoms with van der Waals surface area (Å²) in [5, 5.41) is 59.2. The quantitative estimate of drug-likeness (QED) is 0.301. The molecule has 1 fully saturated rings. The normalized spacial score (nSPS) is 26.1. The Morgan fingerprint density at radius 3 is 1.91 bits per heavy atom. The van der Waals surface area contributed by atoms with E-state index < -0.39 is 36.7 Å². The Morgan fingerprint density at radius 2 is 1.40 bits per heavy atom. The molecule has 192 valence electrons. The summed E-state index contributed by atoms with van der Waals surface area (Å²) in [4.78, 5) is 11.3. The third-order valence-electron chi connectivity index (χ3n) is 6.41. The Morgan fingerprint density at radius 1 is 0.886 bits per heavy atom. The number of hydrogen-bond donors (Lipinski definition) is 6. The van der Waals surface area contributed by atoms with Crippen molar-refractivity contribution in [2.24, 2.45) is 11.8 Å². The van der Waals surface area contributed by atoms with Crippen LogP contribution in [-0.2, 0) is 22.4 Å². The van der Waals surface area contributed by atoms with Crippen LogP contribution in [0.25, 0.3) is 0 Å². The van der Waals surface area contributed by atoms with Gasteiger partial charge in [-0.1, -0.05) is 26.0 Å². The lowest BCUT2D eigenvalue weighted by atomic mass is 9.85. The fourth-order valence-electron chi connectivity index (χ4n) is 4.05. The monoisotopic (exact) mass is 492 g/mol. The molecule has 10 heteroatoms. The molecule has 7 atom stereocenters. The summed E-state index contributed by atoms with van der Waals surface area (Å²) in [6.07, 6.45) is -7.42. The molecule has 0 spiro atoms. The number of aliphatic hydroxyl groups is 3. The maximum atomic E-state index is 11.3. The fourth-order valence-corrected chi connectivity index (χ4v) is 4.05. The zero-order valence-corrected chi connectivity index (χ0v) is 19.7. The molecule has 0 amide bonds. The smallest absolute Gasteiger partial charge is 0.335 e. The SMILES string of the molecule is COc1cc(CC(C)C(C)Cc2ccc(O)c(O[C@@H]3O[C@H](C(=O)O)[C@@H](O)[C@H](O)[C@H]3O)c2)ccc1O. The van der Waals surface area contributed by atoms with Crippen LogP contribution < -0.4 is 9.47 Å². The van der Waals surface area contributed by atoms with Crippen LogP contribution in [0.1, 0.15) is 25.0 Å². The molecule has 0 radical (unpaired) electrons. The first-order chi connectivity index (χ1) is 16.5. The largest absolute Gasteiger partial charge is 0.504 e. The van der Waals surface area contributed by atoms with E-state index in [0.717, 1.165) is 17.5 Å². The van der Waals surface area contributed by atoms with Gasteiger partial charge < -0.3 is 44.8 Å². The van der Waals surface area contributed by atoms with Gasteiger partial charge in [-0.15, -0.1) is 0 Å². The number of carboxylic acid groups (broad SMARTS) is 1. The topological polar surface area (TPSA) is 166 Å². The predicted octanol–water partition coefficient (Wildman–Crippen LogP) is 1.43. The van der Waals surface area contributed by atoms with Gasteiger partial charge in [0.25, 0.3) is 0 Å². The van der Waals surface area contributed by atoms with Crippen molar-refractivity contribution in [3.8, 4) is 23.0 Å². The number of rotatable bonds is 9. The maximum absolute atomic E-state index is 11.3. The third kappa shape index (κ3) is 6.15. The highest BCUT2D eigenvalue weighted by molar-refractivity contribution is 5.73. The molecule has 10 nitrogen and oxygen atoms in total. The molecule has 0 aromatic heterocycles. The number of methoxy groups -OCH3 is 1. The first kappa shape index (κ1) is 26.6. The third-order valence-corrected chi connectivity index (χ3v) is 6.41. The molecule has 2 aromatic carbocycles. The minimum absolute atomic E-state index is 0.0533. The second kappa shape index (κ2) is 11.1. The van der Waals surface area contributed by atoms with Crippen LogP contribution in [-0.4, -0.2) is 74.4 Å². The Kier molecular flexibility index (Phi) is 8.44. The minimum Gasteiger partial charge on any atom is -0.504 e. The fraction of sp³-hybridized carbons (Fsp3) is 0.480. The highest BCUT2D eigenvalue weighted by atomic mass is 16.7. The summed E-state index contributed by atoms with van der Waals surface area (Å²) in [5.74, 6) is -0.883. The average molecular weight is 493 g/mol. The molecule has 0 bridgehead atoms. The number of benzene rings is 2. The zero-order chi connectivity index (χ0) is 25.9. The molecule has 0 saturated carbocycles. The molecule has 1 aliphatic heterocycles. The van der Waals surface area contributed by atoms with E-state index in [1.54, 1.807) is 24.3 Å². The Bertz CT molecular complexity index is 1030. The van der Waals surface area contributed by atoms with Crippen molar-refractivity contribution in [1.29, 1.82) is 0 Å². The summed E-state index contributed by atoms with van der Waals surface area (Å²) in [6, 6.07) is 9.95. The van der Waals surface area contributed by atoms with Gasteiger partial charge in [-0.2, -0.15) is 0 Å². The van der Waals surface area contributed by atoms with Crippen molar-refractivity contribution < 1.29 is 49.6 Å². The number of hydrogen-bond acceptors (Lipinski definition) is 9. The molecular formula is C25H32O10. The second-order valence-corrected chi connectivity index (χ2v) is 9.02. The molecule has 0 aliphatic carbocycles. The molecule has 35 heavy (non-hydrogen) atoms. The lowest BCUT2D eigenvalue weighted by molar-refractivity contribution is -0.271. The summed E-state index contributed by atoms with van der Waals surface area (Å²) < 4.78 is 15.8. The van der Waals surface area contributed by atoms with Crippen LogP contribution in [0.3, 0.4) is 0 Å².